The van der Waals surface area contributed by atoms with Gasteiger partial charge in [0.25, 0.3) is 0 Å². The molecule has 1 N–H and O–H groups in total. The van der Waals surface area contributed by atoms with Gasteiger partial charge in [0.2, 0.25) is 10.0 Å². The molecule has 21 heavy (non-hydrogen) atoms. The molecule has 0 radical (unpaired) electrons. The molecular weight excluding hydrogens is 308 g/mol. The van der Waals surface area contributed by atoms with Gasteiger partial charge in [-0.15, -0.1) is 11.3 Å². The molecule has 0 saturated carbocycles. The third-order valence-electron chi connectivity index (χ3n) is 3.02. The molecule has 0 bridgehead atoms. The van der Waals surface area contributed by atoms with E-state index in [4.69, 9.17) is 0 Å². The van der Waals surface area contributed by atoms with Gasteiger partial charge in [0.05, 0.1) is 9.90 Å². The Bertz CT molecular complexity index is 707. The monoisotopic (exact) mass is 324 g/mol. The van der Waals surface area contributed by atoms with Crippen LogP contribution in [0.25, 0.3) is 0 Å². The van der Waals surface area contributed by atoms with Crippen molar-refractivity contribution in [3.05, 3.63) is 46.4 Å². The average molecular weight is 324 g/mol. The Hall–Kier alpha value is -1.57. The van der Waals surface area contributed by atoms with Crippen LogP contribution < -0.4 is 4.72 Å². The Morgan fingerprint density at radius 3 is 2.52 bits per heavy atom. The van der Waals surface area contributed by atoms with Crippen LogP contribution in [-0.4, -0.2) is 25.7 Å². The quantitative estimate of drug-likeness (QED) is 0.828. The Morgan fingerprint density at radius 1 is 1.33 bits per heavy atom. The predicted octanol–water partition coefficient (Wildman–Crippen LogP) is 2.43. The highest BCUT2D eigenvalue weighted by molar-refractivity contribution is 7.89. The van der Waals surface area contributed by atoms with Gasteiger partial charge < -0.3 is 0 Å². The summed E-state index contributed by atoms with van der Waals surface area (Å²) in [5.41, 5.74) is 0.491. The molecule has 0 fully saturated rings. The summed E-state index contributed by atoms with van der Waals surface area (Å²) in [6.07, 6.45) is 1.70. The summed E-state index contributed by atoms with van der Waals surface area (Å²) in [6.45, 7) is 3.64. The number of thiazole rings is 1. The number of carbonyl (C=O) groups is 1. The Balaban J connectivity index is 2.06. The van der Waals surface area contributed by atoms with Crippen LogP contribution in [-0.2, 0) is 10.0 Å². The van der Waals surface area contributed by atoms with Gasteiger partial charge >= 0.3 is 0 Å². The number of Topliss-reactive ketones (excluding diaryl/α,β-unsaturated/α-hetero) is 1. The molecule has 1 aromatic heterocycles. The number of nitrogens with one attached hydrogen (secondary N) is 1. The van der Waals surface area contributed by atoms with E-state index < -0.39 is 10.0 Å². The van der Waals surface area contributed by atoms with E-state index in [-0.39, 0.29) is 23.1 Å². The van der Waals surface area contributed by atoms with Crippen molar-refractivity contribution < 1.29 is 13.2 Å². The molecule has 1 aromatic carbocycles. The van der Waals surface area contributed by atoms with E-state index in [0.29, 0.717) is 5.56 Å². The molecule has 1 heterocycles. The van der Waals surface area contributed by atoms with E-state index in [2.05, 4.69) is 9.71 Å². The minimum absolute atomic E-state index is 0.0104. The first-order chi connectivity index (χ1) is 9.90. The average Bonchev–Trinajstić information content (AvgIpc) is 2.99. The minimum atomic E-state index is -3.57. The van der Waals surface area contributed by atoms with Crippen molar-refractivity contribution in [2.75, 3.05) is 6.54 Å². The standard InChI is InChI=1S/C14H16N2O3S2/c1-10(14-15-7-8-20-14)9-16-21(18,19)13-5-3-12(4-6-13)11(2)17/h3-8,10,16H,9H2,1-2H3. The molecule has 0 aliphatic carbocycles. The van der Waals surface area contributed by atoms with Crippen LogP contribution in [0, 0.1) is 0 Å². The first kappa shape index (κ1) is 15.8. The topological polar surface area (TPSA) is 76.1 Å². The van der Waals surface area contributed by atoms with Gasteiger partial charge in [0.15, 0.2) is 5.78 Å². The first-order valence-corrected chi connectivity index (χ1v) is 8.76. The Morgan fingerprint density at radius 2 is 2.00 bits per heavy atom. The summed E-state index contributed by atoms with van der Waals surface area (Å²) < 4.78 is 26.9. The maximum absolute atomic E-state index is 12.2. The van der Waals surface area contributed by atoms with Gasteiger partial charge in [-0.25, -0.2) is 18.1 Å². The number of hydrogen-bond acceptors (Lipinski definition) is 5. The lowest BCUT2D eigenvalue weighted by atomic mass is 10.2. The molecule has 0 saturated heterocycles. The Labute approximate surface area is 128 Å². The lowest BCUT2D eigenvalue weighted by Gasteiger charge is -2.11. The predicted molar refractivity (Wildman–Crippen MR) is 82.2 cm³/mol. The van der Waals surface area contributed by atoms with Crippen LogP contribution in [0.5, 0.6) is 0 Å². The van der Waals surface area contributed by atoms with Gasteiger partial charge in [0.1, 0.15) is 0 Å². The fourth-order valence-electron chi connectivity index (χ4n) is 1.75. The normalized spacial score (nSPS) is 13.0. The molecule has 1 atom stereocenters. The van der Waals surface area contributed by atoms with E-state index in [1.165, 1.54) is 42.5 Å². The van der Waals surface area contributed by atoms with E-state index in [9.17, 15) is 13.2 Å². The number of aromatic nitrogens is 1. The lowest BCUT2D eigenvalue weighted by molar-refractivity contribution is 0.101. The number of benzene rings is 1. The maximum Gasteiger partial charge on any atom is 0.240 e. The van der Waals surface area contributed by atoms with E-state index in [0.717, 1.165) is 5.01 Å². The van der Waals surface area contributed by atoms with E-state index in [1.54, 1.807) is 6.20 Å². The molecule has 0 aliphatic rings. The summed E-state index contributed by atoms with van der Waals surface area (Å²) in [5, 5.41) is 2.76. The van der Waals surface area contributed by atoms with Crippen LogP contribution in [0.4, 0.5) is 0 Å². The second-order valence-electron chi connectivity index (χ2n) is 4.70. The van der Waals surface area contributed by atoms with Crippen molar-refractivity contribution in [3.8, 4) is 0 Å². The molecule has 5 nitrogen and oxygen atoms in total. The van der Waals surface area contributed by atoms with Gasteiger partial charge in [-0.05, 0) is 19.1 Å². The zero-order valence-electron chi connectivity index (χ0n) is 11.7. The molecule has 2 aromatic rings. The fraction of sp³-hybridized carbons (Fsp3) is 0.286. The zero-order chi connectivity index (χ0) is 15.5. The second kappa shape index (κ2) is 6.46. The highest BCUT2D eigenvalue weighted by atomic mass is 32.2. The molecule has 0 spiro atoms. The largest absolute Gasteiger partial charge is 0.295 e. The minimum Gasteiger partial charge on any atom is -0.295 e. The molecule has 7 heteroatoms. The zero-order valence-corrected chi connectivity index (χ0v) is 13.4. The summed E-state index contributed by atoms with van der Waals surface area (Å²) in [5.74, 6) is -0.0828. The summed E-state index contributed by atoms with van der Waals surface area (Å²) in [7, 11) is -3.57. The number of ketones is 1. The third-order valence-corrected chi connectivity index (χ3v) is 5.47. The molecule has 112 valence electrons. The van der Waals surface area contributed by atoms with Crippen LogP contribution in [0.1, 0.15) is 35.1 Å². The van der Waals surface area contributed by atoms with E-state index in [1.807, 2.05) is 12.3 Å². The maximum atomic E-state index is 12.2. The first-order valence-electron chi connectivity index (χ1n) is 6.40. The molecular formula is C14H16N2O3S2. The van der Waals surface area contributed by atoms with Crippen LogP contribution >= 0.6 is 11.3 Å². The number of sulfonamides is 1. The lowest BCUT2D eigenvalue weighted by Crippen LogP contribution is -2.27. The second-order valence-corrected chi connectivity index (χ2v) is 7.40. The number of hydrogen-bond donors (Lipinski definition) is 1. The van der Waals surface area contributed by atoms with Crippen molar-refractivity contribution in [1.29, 1.82) is 0 Å². The van der Waals surface area contributed by atoms with Crippen LogP contribution in [0.3, 0.4) is 0 Å². The van der Waals surface area contributed by atoms with Crippen molar-refractivity contribution in [1.82, 2.24) is 9.71 Å². The van der Waals surface area contributed by atoms with Gasteiger partial charge in [0, 0.05) is 29.6 Å². The van der Waals surface area contributed by atoms with Gasteiger partial charge in [-0.3, -0.25) is 4.79 Å². The summed E-state index contributed by atoms with van der Waals surface area (Å²) >= 11 is 1.50. The molecule has 2 rings (SSSR count). The van der Waals surface area contributed by atoms with Crippen molar-refractivity contribution in [2.45, 2.75) is 24.7 Å². The van der Waals surface area contributed by atoms with Crippen molar-refractivity contribution in [3.63, 3.8) is 0 Å². The number of carbonyl (C=O) groups excluding carboxylic acids is 1. The third kappa shape index (κ3) is 3.96. The SMILES string of the molecule is CC(=O)c1ccc(S(=O)(=O)NCC(C)c2nccs2)cc1. The molecule has 0 aliphatic heterocycles. The molecule has 1 unspecified atom stereocenters. The van der Waals surface area contributed by atoms with Gasteiger partial charge in [-0.1, -0.05) is 19.1 Å². The van der Waals surface area contributed by atoms with Crippen molar-refractivity contribution in [2.24, 2.45) is 0 Å². The number of rotatable bonds is 6. The highest BCUT2D eigenvalue weighted by Gasteiger charge is 2.17. The van der Waals surface area contributed by atoms with Crippen LogP contribution in [0.2, 0.25) is 0 Å². The Kier molecular flexibility index (Phi) is 4.87. The number of nitrogens with zero attached hydrogens (tertiary/aromatic N) is 1. The highest BCUT2D eigenvalue weighted by Crippen LogP contribution is 2.18. The smallest absolute Gasteiger partial charge is 0.240 e. The summed E-state index contributed by atoms with van der Waals surface area (Å²) in [6, 6.07) is 5.91. The van der Waals surface area contributed by atoms with E-state index >= 15 is 0 Å². The fourth-order valence-corrected chi connectivity index (χ4v) is 3.58. The summed E-state index contributed by atoms with van der Waals surface area (Å²) in [4.78, 5) is 15.5. The van der Waals surface area contributed by atoms with Crippen LogP contribution in [0.15, 0.2) is 40.7 Å². The molecule has 0 amide bonds. The van der Waals surface area contributed by atoms with Gasteiger partial charge in [-0.2, -0.15) is 0 Å². The van der Waals surface area contributed by atoms with Crippen molar-refractivity contribution >= 4 is 27.1 Å².